The van der Waals surface area contributed by atoms with Crippen LogP contribution in [0.25, 0.3) is 0 Å². The number of carbonyl (C=O) groups is 1. The number of benzene rings is 3. The summed E-state index contributed by atoms with van der Waals surface area (Å²) >= 11 is 0. The van der Waals surface area contributed by atoms with Crippen molar-refractivity contribution >= 4 is 5.91 Å². The third-order valence-electron chi connectivity index (χ3n) is 4.05. The van der Waals surface area contributed by atoms with Crippen LogP contribution in [-0.4, -0.2) is 5.91 Å². The van der Waals surface area contributed by atoms with Crippen molar-refractivity contribution < 1.29 is 4.79 Å². The summed E-state index contributed by atoms with van der Waals surface area (Å²) < 4.78 is 0. The predicted molar refractivity (Wildman–Crippen MR) is 96.2 cm³/mol. The van der Waals surface area contributed by atoms with Crippen molar-refractivity contribution in [2.24, 2.45) is 0 Å². The predicted octanol–water partition coefficient (Wildman–Crippen LogP) is 3.62. The minimum absolute atomic E-state index is 0.137. The molecule has 3 nitrogen and oxygen atoms in total. The summed E-state index contributed by atoms with van der Waals surface area (Å²) in [4.78, 5) is 11.6. The molecule has 0 radical (unpaired) electrons. The van der Waals surface area contributed by atoms with Crippen molar-refractivity contribution in [3.05, 3.63) is 108 Å². The van der Waals surface area contributed by atoms with Gasteiger partial charge in [-0.05, 0) is 16.7 Å². The molecule has 0 bridgehead atoms. The Balaban J connectivity index is 2.26. The average molecular weight is 316 g/mol. The van der Waals surface area contributed by atoms with Crippen LogP contribution in [0, 0.1) is 0 Å². The summed E-state index contributed by atoms with van der Waals surface area (Å²) in [6.07, 6.45) is 0. The van der Waals surface area contributed by atoms with Gasteiger partial charge in [0.15, 0.2) is 0 Å². The Kier molecular flexibility index (Phi) is 4.73. The van der Waals surface area contributed by atoms with E-state index in [2.05, 4.69) is 47.2 Å². The smallest absolute Gasteiger partial charge is 0.231 e. The maximum Gasteiger partial charge on any atom is 0.231 e. The normalized spacial score (nSPS) is 11.0. The molecule has 3 aromatic carbocycles. The monoisotopic (exact) mass is 316 g/mol. The Morgan fingerprint density at radius 3 is 1.29 bits per heavy atom. The van der Waals surface area contributed by atoms with E-state index in [0.717, 1.165) is 16.7 Å². The van der Waals surface area contributed by atoms with Gasteiger partial charge in [0.05, 0.1) is 0 Å². The van der Waals surface area contributed by atoms with E-state index in [1.807, 2.05) is 54.6 Å². The van der Waals surface area contributed by atoms with E-state index in [-0.39, 0.29) is 5.91 Å². The first-order valence-corrected chi connectivity index (χ1v) is 7.94. The van der Waals surface area contributed by atoms with Gasteiger partial charge in [0, 0.05) is 6.92 Å². The lowest BCUT2D eigenvalue weighted by molar-refractivity contribution is -0.120. The number of amides is 1. The molecular formula is C21H20N2O. The summed E-state index contributed by atoms with van der Waals surface area (Å²) in [6, 6.07) is 30.4. The highest BCUT2D eigenvalue weighted by Crippen LogP contribution is 2.36. The van der Waals surface area contributed by atoms with Crippen LogP contribution in [0.3, 0.4) is 0 Å². The first-order chi connectivity index (χ1) is 11.7. The molecule has 24 heavy (non-hydrogen) atoms. The lowest BCUT2D eigenvalue weighted by Crippen LogP contribution is -2.53. The maximum atomic E-state index is 11.6. The van der Waals surface area contributed by atoms with E-state index in [1.54, 1.807) is 0 Å². The first-order valence-electron chi connectivity index (χ1n) is 7.94. The van der Waals surface area contributed by atoms with Gasteiger partial charge in [0.25, 0.3) is 0 Å². The third kappa shape index (κ3) is 3.07. The van der Waals surface area contributed by atoms with Crippen molar-refractivity contribution in [2.75, 3.05) is 0 Å². The standard InChI is InChI=1S/C21H20N2O/c1-17(24)22-23-21(18-11-5-2-6-12-18,19-13-7-3-8-14-19)20-15-9-4-10-16-20/h2-16,23H,1H3,(H,22,24). The molecule has 0 aliphatic carbocycles. The van der Waals surface area contributed by atoms with Crippen LogP contribution in [0.15, 0.2) is 91.0 Å². The first kappa shape index (κ1) is 16.0. The molecule has 0 heterocycles. The van der Waals surface area contributed by atoms with Crippen LogP contribution in [0.4, 0.5) is 0 Å². The van der Waals surface area contributed by atoms with E-state index < -0.39 is 5.54 Å². The van der Waals surface area contributed by atoms with Gasteiger partial charge in [-0.15, -0.1) is 0 Å². The van der Waals surface area contributed by atoms with E-state index in [9.17, 15) is 4.79 Å². The van der Waals surface area contributed by atoms with Gasteiger partial charge in [-0.3, -0.25) is 10.2 Å². The van der Waals surface area contributed by atoms with Crippen LogP contribution in [0.5, 0.6) is 0 Å². The van der Waals surface area contributed by atoms with Crippen molar-refractivity contribution in [2.45, 2.75) is 12.5 Å². The lowest BCUT2D eigenvalue weighted by Gasteiger charge is -2.36. The molecule has 0 aliphatic heterocycles. The van der Waals surface area contributed by atoms with Crippen LogP contribution in [0.2, 0.25) is 0 Å². The van der Waals surface area contributed by atoms with Gasteiger partial charge in [-0.2, -0.15) is 0 Å². The fourth-order valence-electron chi connectivity index (χ4n) is 2.96. The van der Waals surface area contributed by atoms with Crippen molar-refractivity contribution in [3.8, 4) is 0 Å². The molecule has 2 N–H and O–H groups in total. The summed E-state index contributed by atoms with van der Waals surface area (Å²) in [5.41, 5.74) is 8.56. The molecule has 0 saturated heterocycles. The van der Waals surface area contributed by atoms with Gasteiger partial charge in [0.2, 0.25) is 5.91 Å². The van der Waals surface area contributed by atoms with Crippen molar-refractivity contribution in [3.63, 3.8) is 0 Å². The van der Waals surface area contributed by atoms with E-state index in [0.29, 0.717) is 0 Å². The molecule has 0 aromatic heterocycles. The van der Waals surface area contributed by atoms with Crippen molar-refractivity contribution in [1.29, 1.82) is 0 Å². The number of rotatable bonds is 5. The van der Waals surface area contributed by atoms with Crippen molar-refractivity contribution in [1.82, 2.24) is 10.9 Å². The van der Waals surface area contributed by atoms with Gasteiger partial charge in [-0.25, -0.2) is 5.43 Å². The zero-order chi connectivity index (χ0) is 16.8. The molecule has 3 aromatic rings. The topological polar surface area (TPSA) is 41.1 Å². The molecule has 3 rings (SSSR count). The summed E-state index contributed by atoms with van der Waals surface area (Å²) in [7, 11) is 0. The number of hydrazine groups is 1. The van der Waals surface area contributed by atoms with Crippen LogP contribution in [-0.2, 0) is 10.3 Å². The molecule has 0 aliphatic rings. The van der Waals surface area contributed by atoms with Gasteiger partial charge in [0.1, 0.15) is 5.54 Å². The molecule has 0 unspecified atom stereocenters. The van der Waals surface area contributed by atoms with Crippen LogP contribution in [0.1, 0.15) is 23.6 Å². The zero-order valence-corrected chi connectivity index (χ0v) is 13.6. The molecule has 1 amide bonds. The molecule has 0 saturated carbocycles. The number of carbonyl (C=O) groups excluding carboxylic acids is 1. The van der Waals surface area contributed by atoms with E-state index in [1.165, 1.54) is 6.92 Å². The molecular weight excluding hydrogens is 296 g/mol. The van der Waals surface area contributed by atoms with Gasteiger partial charge >= 0.3 is 0 Å². The lowest BCUT2D eigenvalue weighted by atomic mass is 9.77. The average Bonchev–Trinajstić information content (AvgIpc) is 2.65. The Morgan fingerprint density at radius 1 is 0.667 bits per heavy atom. The second kappa shape index (κ2) is 7.11. The second-order valence-electron chi connectivity index (χ2n) is 5.65. The fourth-order valence-corrected chi connectivity index (χ4v) is 2.96. The highest BCUT2D eigenvalue weighted by atomic mass is 16.2. The molecule has 0 spiro atoms. The van der Waals surface area contributed by atoms with E-state index >= 15 is 0 Å². The highest BCUT2D eigenvalue weighted by molar-refractivity contribution is 5.72. The summed E-state index contributed by atoms with van der Waals surface area (Å²) in [5.74, 6) is -0.137. The molecule has 0 fully saturated rings. The fraction of sp³-hybridized carbons (Fsp3) is 0.0952. The quantitative estimate of drug-likeness (QED) is 0.557. The molecule has 120 valence electrons. The van der Waals surface area contributed by atoms with Crippen LogP contribution >= 0.6 is 0 Å². The zero-order valence-electron chi connectivity index (χ0n) is 13.6. The highest BCUT2D eigenvalue weighted by Gasteiger charge is 2.36. The van der Waals surface area contributed by atoms with Gasteiger partial charge < -0.3 is 0 Å². The molecule has 0 atom stereocenters. The number of nitrogens with one attached hydrogen (secondary N) is 2. The summed E-state index contributed by atoms with van der Waals surface area (Å²) in [5, 5.41) is 0. The SMILES string of the molecule is CC(=O)NNC(c1ccccc1)(c1ccccc1)c1ccccc1. The number of hydrogen-bond donors (Lipinski definition) is 2. The second-order valence-corrected chi connectivity index (χ2v) is 5.65. The van der Waals surface area contributed by atoms with Gasteiger partial charge in [-0.1, -0.05) is 91.0 Å². The minimum Gasteiger partial charge on any atom is -0.290 e. The summed E-state index contributed by atoms with van der Waals surface area (Å²) in [6.45, 7) is 1.50. The largest absolute Gasteiger partial charge is 0.290 e. The Hall–Kier alpha value is -2.91. The minimum atomic E-state index is -0.671. The Bertz CT molecular complexity index is 689. The van der Waals surface area contributed by atoms with E-state index in [4.69, 9.17) is 0 Å². The third-order valence-corrected chi connectivity index (χ3v) is 4.05. The Labute approximate surface area is 142 Å². The molecule has 3 heteroatoms. The Morgan fingerprint density at radius 2 is 1.00 bits per heavy atom. The van der Waals surface area contributed by atoms with Crippen LogP contribution < -0.4 is 10.9 Å². The maximum absolute atomic E-state index is 11.6. The number of hydrogen-bond acceptors (Lipinski definition) is 2.